The number of likely N-dealkylation sites (tertiary alicyclic amines) is 1. The van der Waals surface area contributed by atoms with Gasteiger partial charge in [0.25, 0.3) is 0 Å². The number of anilines is 1. The Morgan fingerprint density at radius 2 is 1.56 bits per heavy atom. The Labute approximate surface area is 191 Å². The van der Waals surface area contributed by atoms with E-state index < -0.39 is 0 Å². The number of nitrogens with zero attached hydrogens (tertiary/aromatic N) is 1. The van der Waals surface area contributed by atoms with E-state index in [1.54, 1.807) is 6.07 Å². The van der Waals surface area contributed by atoms with Gasteiger partial charge in [-0.05, 0) is 61.6 Å². The number of benzene rings is 3. The maximum Gasteiger partial charge on any atom is 0.138 e. The second kappa shape index (κ2) is 11.2. The summed E-state index contributed by atoms with van der Waals surface area (Å²) < 4.78 is 6.65. The van der Waals surface area contributed by atoms with Crippen molar-refractivity contribution < 1.29 is 9.84 Å². The molecule has 4 heteroatoms. The summed E-state index contributed by atoms with van der Waals surface area (Å²) in [5, 5.41) is 13.3. The molecular weight excluding hydrogens is 396 g/mol. The molecule has 0 radical (unpaired) electrons. The first-order valence-corrected chi connectivity index (χ1v) is 11.7. The van der Waals surface area contributed by atoms with Crippen molar-refractivity contribution in [2.75, 3.05) is 31.5 Å². The summed E-state index contributed by atoms with van der Waals surface area (Å²) >= 11 is 0. The Hall–Kier alpha value is -2.82. The van der Waals surface area contributed by atoms with E-state index in [-0.39, 0.29) is 12.2 Å². The average Bonchev–Trinajstić information content (AvgIpc) is 2.84. The van der Waals surface area contributed by atoms with Crippen molar-refractivity contribution in [3.05, 3.63) is 95.6 Å². The van der Waals surface area contributed by atoms with Crippen LogP contribution in [0.4, 0.5) is 5.69 Å². The predicted molar refractivity (Wildman–Crippen MR) is 131 cm³/mol. The fourth-order valence-electron chi connectivity index (χ4n) is 4.38. The zero-order valence-corrected chi connectivity index (χ0v) is 18.9. The number of hydrogen-bond donors (Lipinski definition) is 2. The van der Waals surface area contributed by atoms with Crippen LogP contribution in [0.25, 0.3) is 0 Å². The van der Waals surface area contributed by atoms with Crippen molar-refractivity contribution in [3.63, 3.8) is 0 Å². The van der Waals surface area contributed by atoms with Crippen molar-refractivity contribution in [3.8, 4) is 5.75 Å². The molecule has 0 spiro atoms. The van der Waals surface area contributed by atoms with Crippen molar-refractivity contribution in [2.24, 2.45) is 0 Å². The average molecular weight is 431 g/mol. The number of aryl methyl sites for hydroxylation is 1. The Kier molecular flexibility index (Phi) is 7.81. The van der Waals surface area contributed by atoms with Gasteiger partial charge in [-0.15, -0.1) is 0 Å². The number of phenols is 1. The van der Waals surface area contributed by atoms with Crippen molar-refractivity contribution in [2.45, 2.75) is 38.4 Å². The molecular formula is C28H34N2O2. The van der Waals surface area contributed by atoms with Crippen LogP contribution in [-0.4, -0.2) is 42.3 Å². The van der Waals surface area contributed by atoms with Crippen molar-refractivity contribution in [1.29, 1.82) is 0 Å². The third-order valence-electron chi connectivity index (χ3n) is 6.19. The molecule has 0 amide bonds. The van der Waals surface area contributed by atoms with Crippen LogP contribution >= 0.6 is 0 Å². The third kappa shape index (κ3) is 6.12. The molecule has 1 aliphatic rings. The first kappa shape index (κ1) is 22.4. The minimum atomic E-state index is -0.0137. The van der Waals surface area contributed by atoms with Crippen LogP contribution in [0.5, 0.6) is 5.75 Å². The van der Waals surface area contributed by atoms with Crippen LogP contribution in [0, 0.1) is 6.92 Å². The van der Waals surface area contributed by atoms with Crippen LogP contribution in [0.15, 0.2) is 78.9 Å². The molecule has 0 bridgehead atoms. The van der Waals surface area contributed by atoms with Crippen LogP contribution in [0.1, 0.15) is 42.1 Å². The summed E-state index contributed by atoms with van der Waals surface area (Å²) in [4.78, 5) is 2.53. The van der Waals surface area contributed by atoms with E-state index in [1.807, 2.05) is 19.1 Å². The van der Waals surface area contributed by atoms with Gasteiger partial charge in [-0.1, -0.05) is 66.7 Å². The summed E-state index contributed by atoms with van der Waals surface area (Å²) in [6.07, 6.45) is 3.43. The topological polar surface area (TPSA) is 44.7 Å². The largest absolute Gasteiger partial charge is 0.506 e. The SMILES string of the molecule is Cc1ccc(O)c(NCCCN2CCC(OC(c3ccccc3)c3ccccc3)CC2)c1. The molecule has 1 aliphatic heterocycles. The minimum Gasteiger partial charge on any atom is -0.506 e. The van der Waals surface area contributed by atoms with Crippen LogP contribution in [0.2, 0.25) is 0 Å². The number of aromatic hydroxyl groups is 1. The number of nitrogens with one attached hydrogen (secondary N) is 1. The zero-order valence-electron chi connectivity index (χ0n) is 18.9. The lowest BCUT2D eigenvalue weighted by Crippen LogP contribution is -2.38. The lowest BCUT2D eigenvalue weighted by atomic mass is 10.00. The summed E-state index contributed by atoms with van der Waals surface area (Å²) in [6, 6.07) is 26.8. The van der Waals surface area contributed by atoms with Gasteiger partial charge in [0.2, 0.25) is 0 Å². The molecule has 0 saturated carbocycles. The monoisotopic (exact) mass is 430 g/mol. The Morgan fingerprint density at radius 3 is 2.19 bits per heavy atom. The fourth-order valence-corrected chi connectivity index (χ4v) is 4.38. The normalized spacial score (nSPS) is 15.2. The smallest absolute Gasteiger partial charge is 0.138 e. The maximum atomic E-state index is 9.96. The van der Waals surface area contributed by atoms with Gasteiger partial charge >= 0.3 is 0 Å². The van der Waals surface area contributed by atoms with E-state index in [9.17, 15) is 5.11 Å². The molecule has 168 valence electrons. The van der Waals surface area contributed by atoms with Gasteiger partial charge in [-0.25, -0.2) is 0 Å². The van der Waals surface area contributed by atoms with E-state index in [0.29, 0.717) is 5.75 Å². The van der Waals surface area contributed by atoms with Gasteiger partial charge in [-0.2, -0.15) is 0 Å². The molecule has 3 aromatic carbocycles. The van der Waals surface area contributed by atoms with E-state index in [4.69, 9.17) is 4.74 Å². The molecule has 0 atom stereocenters. The van der Waals surface area contributed by atoms with Gasteiger partial charge in [0, 0.05) is 19.6 Å². The molecule has 1 saturated heterocycles. The Morgan fingerprint density at radius 1 is 0.938 bits per heavy atom. The Bertz CT molecular complexity index is 914. The summed E-state index contributed by atoms with van der Waals surface area (Å²) in [5.74, 6) is 0.319. The van der Waals surface area contributed by atoms with E-state index in [0.717, 1.165) is 56.7 Å². The lowest BCUT2D eigenvalue weighted by Gasteiger charge is -2.34. The molecule has 0 aliphatic carbocycles. The standard InChI is InChI=1S/C28H34N2O2/c1-22-13-14-27(31)26(21-22)29-17-8-18-30-19-15-25(16-20-30)32-28(23-9-4-2-5-10-23)24-11-6-3-7-12-24/h2-7,9-14,21,25,28-29,31H,8,15-20H2,1H3. The molecule has 2 N–H and O–H groups in total. The maximum absolute atomic E-state index is 9.96. The molecule has 3 aromatic rings. The molecule has 0 aromatic heterocycles. The van der Waals surface area contributed by atoms with Gasteiger partial charge in [0.15, 0.2) is 0 Å². The van der Waals surface area contributed by atoms with Gasteiger partial charge < -0.3 is 20.1 Å². The molecule has 4 nitrogen and oxygen atoms in total. The summed E-state index contributed by atoms with van der Waals surface area (Å²) in [7, 11) is 0. The van der Waals surface area contributed by atoms with E-state index >= 15 is 0 Å². The van der Waals surface area contributed by atoms with Crippen molar-refractivity contribution in [1.82, 2.24) is 4.90 Å². The second-order valence-electron chi connectivity index (χ2n) is 8.68. The Balaban J connectivity index is 1.24. The highest BCUT2D eigenvalue weighted by molar-refractivity contribution is 5.57. The second-order valence-corrected chi connectivity index (χ2v) is 8.68. The number of piperidine rings is 1. The predicted octanol–water partition coefficient (Wildman–Crippen LogP) is 5.77. The molecule has 4 rings (SSSR count). The molecule has 1 heterocycles. The van der Waals surface area contributed by atoms with Crippen LogP contribution < -0.4 is 5.32 Å². The van der Waals surface area contributed by atoms with Crippen molar-refractivity contribution >= 4 is 5.69 Å². The minimum absolute atomic E-state index is 0.0137. The third-order valence-corrected chi connectivity index (χ3v) is 6.19. The first-order chi connectivity index (χ1) is 15.7. The van der Waals surface area contributed by atoms with Gasteiger partial charge in [-0.3, -0.25) is 0 Å². The number of rotatable bonds is 9. The zero-order chi connectivity index (χ0) is 22.2. The number of hydrogen-bond acceptors (Lipinski definition) is 4. The van der Waals surface area contributed by atoms with Gasteiger partial charge in [0.1, 0.15) is 11.9 Å². The van der Waals surface area contributed by atoms with Gasteiger partial charge in [0.05, 0.1) is 11.8 Å². The van der Waals surface area contributed by atoms with E-state index in [1.165, 1.54) is 11.1 Å². The molecule has 0 unspecified atom stereocenters. The molecule has 32 heavy (non-hydrogen) atoms. The van der Waals surface area contributed by atoms with E-state index in [2.05, 4.69) is 70.9 Å². The lowest BCUT2D eigenvalue weighted by molar-refractivity contribution is -0.0269. The highest BCUT2D eigenvalue weighted by Gasteiger charge is 2.24. The van der Waals surface area contributed by atoms with Crippen LogP contribution in [-0.2, 0) is 4.74 Å². The first-order valence-electron chi connectivity index (χ1n) is 11.7. The molecule has 1 fully saturated rings. The number of ether oxygens (including phenoxy) is 1. The highest BCUT2D eigenvalue weighted by atomic mass is 16.5. The summed E-state index contributed by atoms with van der Waals surface area (Å²) in [6.45, 7) is 6.09. The highest BCUT2D eigenvalue weighted by Crippen LogP contribution is 2.30. The van der Waals surface area contributed by atoms with Crippen LogP contribution in [0.3, 0.4) is 0 Å². The fraction of sp³-hybridized carbons (Fsp3) is 0.357. The number of phenolic OH excluding ortho intramolecular Hbond substituents is 1. The quantitative estimate of drug-likeness (QED) is 0.334. The summed E-state index contributed by atoms with van der Waals surface area (Å²) in [5.41, 5.74) is 4.40.